The second-order valence-corrected chi connectivity index (χ2v) is 9.98. The third kappa shape index (κ3) is 1.95. The van der Waals surface area contributed by atoms with Gasteiger partial charge in [-0.3, -0.25) is 0 Å². The van der Waals surface area contributed by atoms with Gasteiger partial charge in [-0.25, -0.2) is 0 Å². The molecule has 3 aliphatic rings. The molecular weight excluding hydrogens is 448 g/mol. The van der Waals surface area contributed by atoms with Crippen LogP contribution in [0.5, 0.6) is 0 Å². The van der Waals surface area contributed by atoms with Gasteiger partial charge in [0.2, 0.25) is 0 Å². The average molecular weight is 468 g/mol. The van der Waals surface area contributed by atoms with Gasteiger partial charge in [-0.15, -0.1) is 0 Å². The standard InChI is InChI=1S/C24H20Br2/c1-23(2)17-12-19(25)14-8-4-5-9-15(14)21(17)22-16-10-6-7-11-24(16,3)20(26)13-18(22)23/h4-13,16H,1-3H3. The van der Waals surface area contributed by atoms with Gasteiger partial charge in [0.1, 0.15) is 0 Å². The van der Waals surface area contributed by atoms with Crippen LogP contribution in [0, 0.1) is 11.3 Å². The van der Waals surface area contributed by atoms with Crippen LogP contribution in [0.3, 0.4) is 0 Å². The van der Waals surface area contributed by atoms with Gasteiger partial charge in [-0.2, -0.15) is 0 Å². The molecule has 0 saturated heterocycles. The first-order valence-electron chi connectivity index (χ1n) is 9.06. The Labute approximate surface area is 171 Å². The van der Waals surface area contributed by atoms with Gasteiger partial charge in [-0.1, -0.05) is 101 Å². The number of fused-ring (bicyclic) bond motifs is 6. The molecular formula is C24H20Br2. The fourth-order valence-corrected chi connectivity index (χ4v) is 6.13. The molecule has 0 aromatic heterocycles. The summed E-state index contributed by atoms with van der Waals surface area (Å²) in [6, 6.07) is 11.1. The van der Waals surface area contributed by atoms with E-state index in [9.17, 15) is 0 Å². The van der Waals surface area contributed by atoms with Gasteiger partial charge in [0.15, 0.2) is 0 Å². The predicted molar refractivity (Wildman–Crippen MR) is 118 cm³/mol. The summed E-state index contributed by atoms with van der Waals surface area (Å²) in [5, 5.41) is 2.65. The Bertz CT molecular complexity index is 1090. The summed E-state index contributed by atoms with van der Waals surface area (Å²) in [5.74, 6) is 0.354. The molecule has 0 heterocycles. The van der Waals surface area contributed by atoms with Crippen molar-refractivity contribution in [3.8, 4) is 0 Å². The van der Waals surface area contributed by atoms with Crippen molar-refractivity contribution in [1.29, 1.82) is 0 Å². The number of benzene rings is 2. The minimum atomic E-state index is -0.0144. The van der Waals surface area contributed by atoms with E-state index in [1.165, 1.54) is 42.0 Å². The Balaban J connectivity index is 1.93. The molecule has 2 aromatic carbocycles. The zero-order valence-electron chi connectivity index (χ0n) is 15.1. The lowest BCUT2D eigenvalue weighted by Crippen LogP contribution is -2.30. The highest BCUT2D eigenvalue weighted by molar-refractivity contribution is 9.11. The minimum Gasteiger partial charge on any atom is -0.0758 e. The van der Waals surface area contributed by atoms with Crippen molar-refractivity contribution in [3.63, 3.8) is 0 Å². The minimum absolute atomic E-state index is 0.00737. The topological polar surface area (TPSA) is 0 Å². The molecule has 3 aliphatic carbocycles. The molecule has 26 heavy (non-hydrogen) atoms. The first-order chi connectivity index (χ1) is 12.4. The predicted octanol–water partition coefficient (Wildman–Crippen LogP) is 7.69. The zero-order valence-corrected chi connectivity index (χ0v) is 18.3. The normalized spacial score (nSPS) is 28.0. The van der Waals surface area contributed by atoms with Crippen molar-refractivity contribution in [2.24, 2.45) is 11.3 Å². The van der Waals surface area contributed by atoms with Crippen molar-refractivity contribution in [2.75, 3.05) is 0 Å². The van der Waals surface area contributed by atoms with Crippen LogP contribution in [0.1, 0.15) is 31.9 Å². The van der Waals surface area contributed by atoms with Crippen molar-refractivity contribution in [1.82, 2.24) is 0 Å². The summed E-state index contributed by atoms with van der Waals surface area (Å²) < 4.78 is 2.46. The van der Waals surface area contributed by atoms with Crippen LogP contribution in [0.15, 0.2) is 75.2 Å². The van der Waals surface area contributed by atoms with Gasteiger partial charge in [0, 0.05) is 25.7 Å². The SMILES string of the molecule is CC1(C)C2=C(c3c1cc(Br)c1ccccc31)C1C=CC=CC1(C)C(Br)=C2. The first kappa shape index (κ1) is 16.8. The lowest BCUT2D eigenvalue weighted by Gasteiger charge is -2.41. The fourth-order valence-electron chi connectivity index (χ4n) is 4.95. The van der Waals surface area contributed by atoms with E-state index in [1.54, 1.807) is 0 Å². The highest BCUT2D eigenvalue weighted by Crippen LogP contribution is 2.61. The van der Waals surface area contributed by atoms with Crippen molar-refractivity contribution < 1.29 is 0 Å². The molecule has 2 atom stereocenters. The third-order valence-corrected chi connectivity index (χ3v) is 8.24. The summed E-state index contributed by atoms with van der Waals surface area (Å²) in [6.07, 6.45) is 11.5. The van der Waals surface area contributed by atoms with Gasteiger partial charge in [0.05, 0.1) is 0 Å². The Kier molecular flexibility index (Phi) is 3.44. The smallest absolute Gasteiger partial charge is 0.0276 e. The third-order valence-electron chi connectivity index (χ3n) is 6.50. The highest BCUT2D eigenvalue weighted by Gasteiger charge is 2.48. The van der Waals surface area contributed by atoms with E-state index in [4.69, 9.17) is 0 Å². The molecule has 0 aliphatic heterocycles. The molecule has 0 bridgehead atoms. The average Bonchev–Trinajstić information content (AvgIpc) is 2.84. The van der Waals surface area contributed by atoms with Gasteiger partial charge in [-0.05, 0) is 45.2 Å². The molecule has 2 unspecified atom stereocenters. The summed E-state index contributed by atoms with van der Waals surface area (Å²) in [7, 11) is 0. The molecule has 0 fully saturated rings. The second-order valence-electron chi connectivity index (χ2n) is 8.28. The number of rotatable bonds is 0. The van der Waals surface area contributed by atoms with E-state index in [0.29, 0.717) is 5.92 Å². The Morgan fingerprint density at radius 2 is 1.69 bits per heavy atom. The molecule has 0 spiro atoms. The molecule has 2 heteroatoms. The molecule has 0 amide bonds. The van der Waals surface area contributed by atoms with E-state index in [2.05, 4.69) is 113 Å². The van der Waals surface area contributed by atoms with E-state index < -0.39 is 0 Å². The monoisotopic (exact) mass is 466 g/mol. The molecule has 5 rings (SSSR count). The maximum Gasteiger partial charge on any atom is 0.0276 e. The fraction of sp³-hybridized carbons (Fsp3) is 0.250. The number of hydrogen-bond acceptors (Lipinski definition) is 0. The van der Waals surface area contributed by atoms with Crippen LogP contribution in [-0.2, 0) is 5.41 Å². The molecule has 0 N–H and O–H groups in total. The van der Waals surface area contributed by atoms with Gasteiger partial charge < -0.3 is 0 Å². The lowest BCUT2D eigenvalue weighted by atomic mass is 9.65. The van der Waals surface area contributed by atoms with Gasteiger partial charge in [0.25, 0.3) is 0 Å². The van der Waals surface area contributed by atoms with E-state index in [1.807, 2.05) is 0 Å². The van der Waals surface area contributed by atoms with Crippen LogP contribution >= 0.6 is 31.9 Å². The zero-order chi connectivity index (χ0) is 18.3. The summed E-state index contributed by atoms with van der Waals surface area (Å²) in [6.45, 7) is 7.06. The largest absolute Gasteiger partial charge is 0.0758 e. The van der Waals surface area contributed by atoms with E-state index in [-0.39, 0.29) is 10.8 Å². The van der Waals surface area contributed by atoms with E-state index in [0.717, 1.165) is 0 Å². The quantitative estimate of drug-likeness (QED) is 0.372. The van der Waals surface area contributed by atoms with E-state index >= 15 is 0 Å². The maximum atomic E-state index is 3.92. The van der Waals surface area contributed by atoms with Crippen molar-refractivity contribution >= 4 is 48.2 Å². The van der Waals surface area contributed by atoms with Crippen molar-refractivity contribution in [2.45, 2.75) is 26.2 Å². The Hall–Kier alpha value is -1.38. The molecule has 2 aromatic rings. The van der Waals surface area contributed by atoms with Crippen LogP contribution in [0.4, 0.5) is 0 Å². The molecule has 0 saturated carbocycles. The lowest BCUT2D eigenvalue weighted by molar-refractivity contribution is 0.453. The molecule has 130 valence electrons. The van der Waals surface area contributed by atoms with Gasteiger partial charge >= 0.3 is 0 Å². The first-order valence-corrected chi connectivity index (χ1v) is 10.6. The number of halogens is 2. The summed E-state index contributed by atoms with van der Waals surface area (Å²) in [5.41, 5.74) is 5.80. The highest BCUT2D eigenvalue weighted by atomic mass is 79.9. The Morgan fingerprint density at radius 1 is 0.962 bits per heavy atom. The summed E-state index contributed by atoms with van der Waals surface area (Å²) >= 11 is 7.74. The maximum absolute atomic E-state index is 3.92. The molecule has 0 radical (unpaired) electrons. The number of allylic oxidation sites excluding steroid dienone is 8. The van der Waals surface area contributed by atoms with Crippen LogP contribution in [-0.4, -0.2) is 0 Å². The van der Waals surface area contributed by atoms with Crippen LogP contribution in [0.2, 0.25) is 0 Å². The molecule has 0 nitrogen and oxygen atoms in total. The van der Waals surface area contributed by atoms with Crippen LogP contribution in [0.25, 0.3) is 16.3 Å². The van der Waals surface area contributed by atoms with Crippen LogP contribution < -0.4 is 0 Å². The Morgan fingerprint density at radius 3 is 2.46 bits per heavy atom. The number of hydrogen-bond donors (Lipinski definition) is 0. The summed E-state index contributed by atoms with van der Waals surface area (Å²) in [4.78, 5) is 0. The second kappa shape index (κ2) is 5.33. The van der Waals surface area contributed by atoms with Crippen molar-refractivity contribution in [3.05, 3.63) is 86.4 Å².